The quantitative estimate of drug-likeness (QED) is 0.101. The van der Waals surface area contributed by atoms with Crippen LogP contribution in [0.25, 0.3) is 27.0 Å². The maximum Gasteiger partial charge on any atom is 0.281 e. The summed E-state index contributed by atoms with van der Waals surface area (Å²) in [6, 6.07) is 18.9. The fourth-order valence-corrected chi connectivity index (χ4v) is 15.3. The van der Waals surface area contributed by atoms with Gasteiger partial charge in [-0.15, -0.1) is 16.4 Å². The first kappa shape index (κ1) is 53.0. The third-order valence-corrected chi connectivity index (χ3v) is 20.0. The zero-order chi connectivity index (χ0) is 54.0. The maximum absolute atomic E-state index is 14.6. The highest BCUT2D eigenvalue weighted by Gasteiger charge is 2.48. The van der Waals surface area contributed by atoms with E-state index in [9.17, 15) is 24.3 Å². The van der Waals surface area contributed by atoms with Crippen LogP contribution in [0.2, 0.25) is 0 Å². The molecule has 6 aromatic rings. The number of aliphatic hydroxyl groups is 1. The van der Waals surface area contributed by atoms with Crippen LogP contribution >= 0.6 is 27.3 Å². The first-order chi connectivity index (χ1) is 37.6. The van der Waals surface area contributed by atoms with Crippen LogP contribution in [0.4, 0.5) is 0 Å². The second-order valence-electron chi connectivity index (χ2n) is 24.7. The van der Waals surface area contributed by atoms with Gasteiger partial charge in [0, 0.05) is 48.6 Å². The molecule has 17 heteroatoms. The zero-order valence-electron chi connectivity index (χ0n) is 45.4. The van der Waals surface area contributed by atoms with Gasteiger partial charge in [0.2, 0.25) is 17.7 Å². The first-order valence-electron chi connectivity index (χ1n) is 28.7. The van der Waals surface area contributed by atoms with Crippen LogP contribution in [-0.2, 0) is 19.8 Å². The molecule has 3 aliphatic carbocycles. The Morgan fingerprint density at radius 2 is 1.67 bits per heavy atom. The van der Waals surface area contributed by atoms with E-state index in [4.69, 9.17) is 4.98 Å². The molecule has 6 aliphatic rings. The Bertz CT molecular complexity index is 3280. The number of aliphatic hydroxyl groups excluding tert-OH is 1. The van der Waals surface area contributed by atoms with Crippen LogP contribution in [0, 0.1) is 24.2 Å². The lowest BCUT2D eigenvalue weighted by Crippen LogP contribution is -2.51. The van der Waals surface area contributed by atoms with E-state index in [0.29, 0.717) is 23.1 Å². The average Bonchev–Trinajstić information content (AvgIpc) is 3.74. The molecule has 4 atom stereocenters. The number of amides is 3. The van der Waals surface area contributed by atoms with Crippen LogP contribution in [0.3, 0.4) is 0 Å². The number of rotatable bonds is 13. The molecule has 3 aliphatic heterocycles. The molecule has 0 unspecified atom stereocenters. The van der Waals surface area contributed by atoms with Crippen molar-refractivity contribution in [3.05, 3.63) is 121 Å². The van der Waals surface area contributed by atoms with E-state index >= 15 is 0 Å². The third-order valence-electron chi connectivity index (χ3n) is 18.4. The van der Waals surface area contributed by atoms with Gasteiger partial charge in [-0.25, -0.2) is 9.67 Å². The first-order valence-corrected chi connectivity index (χ1v) is 30.4. The zero-order valence-corrected chi connectivity index (χ0v) is 47.8. The summed E-state index contributed by atoms with van der Waals surface area (Å²) in [4.78, 5) is 71.3. The van der Waals surface area contributed by atoms with E-state index in [1.54, 1.807) is 16.0 Å². The number of likely N-dealkylation sites (tertiary alicyclic amines) is 2. The van der Waals surface area contributed by atoms with Gasteiger partial charge in [-0.3, -0.25) is 23.7 Å². The maximum atomic E-state index is 14.6. The molecular weight excluding hydrogens is 1060 g/mol. The molecule has 78 heavy (non-hydrogen) atoms. The molecule has 410 valence electrons. The van der Waals surface area contributed by atoms with E-state index in [-0.39, 0.29) is 54.1 Å². The normalized spacial score (nSPS) is 23.3. The Labute approximate surface area is 469 Å². The molecule has 6 heterocycles. The smallest absolute Gasteiger partial charge is 0.281 e. The summed E-state index contributed by atoms with van der Waals surface area (Å²) in [5, 5.41) is 26.9. The third kappa shape index (κ3) is 10.2. The highest BCUT2D eigenvalue weighted by Crippen LogP contribution is 2.53. The molecule has 3 N–H and O–H groups in total. The second-order valence-corrected chi connectivity index (χ2v) is 26.4. The van der Waals surface area contributed by atoms with Crippen LogP contribution in [0.15, 0.2) is 81.6 Å². The number of piperidine rings is 1. The fraction of sp³-hybridized carbons (Fsp3) is 0.541. The Morgan fingerprint density at radius 3 is 2.37 bits per heavy atom. The Hall–Kier alpha value is -5.62. The van der Waals surface area contributed by atoms with E-state index in [1.165, 1.54) is 28.1 Å². The molecule has 0 bridgehead atoms. The number of nitrogens with zero attached hydrogens (tertiary/aromatic N) is 8. The van der Waals surface area contributed by atoms with Crippen molar-refractivity contribution in [1.82, 2.24) is 50.0 Å². The summed E-state index contributed by atoms with van der Waals surface area (Å²) in [6.07, 6.45) is 14.6. The van der Waals surface area contributed by atoms with Gasteiger partial charge in [0.25, 0.3) is 5.56 Å². The molecule has 3 aromatic carbocycles. The van der Waals surface area contributed by atoms with Crippen molar-refractivity contribution in [2.75, 3.05) is 32.7 Å². The minimum Gasteiger partial charge on any atom is -0.391 e. The minimum absolute atomic E-state index is 0.00100. The standard InChI is InChI=1S/C61H73BrN10O5S/c1-36-53(78-35-64-36)41-19-17-39(18-20-41)47(65-56(75)51-30-44(73)33-70(51)58(77)54(60(2,3)4)71-34-48(67-68-71)40-15-16-40)31-63-55(74)42-13-11-37(12-14-42)32-69-27-23-38(24-28-69)43-21-22-49-45(29-43)61(25-6-5-7-26-61)59-66-57(76)52-46(62)9-8-10-50(52)72(49)59/h8-10,17-22,29,34-35,37-38,40,42,44,47,51,54,73H,5-7,11-16,23-28,30-33H2,1-4H3,(H,63,74)(H,65,75)/t37?,42?,44-,47+,51+,54-/m1/s1. The molecule has 1 spiro atoms. The number of halogens is 1. The van der Waals surface area contributed by atoms with Crippen molar-refractivity contribution in [1.29, 1.82) is 0 Å². The van der Waals surface area contributed by atoms with Crippen molar-refractivity contribution in [3.8, 4) is 16.1 Å². The van der Waals surface area contributed by atoms with Gasteiger partial charge in [0.1, 0.15) is 17.9 Å². The summed E-state index contributed by atoms with van der Waals surface area (Å²) in [5.41, 5.74) is 9.42. The molecule has 0 radical (unpaired) electrons. The Morgan fingerprint density at radius 1 is 0.910 bits per heavy atom. The van der Waals surface area contributed by atoms with E-state index in [0.717, 1.165) is 140 Å². The van der Waals surface area contributed by atoms with Gasteiger partial charge in [-0.1, -0.05) is 87.7 Å². The molecule has 2 saturated heterocycles. The number of aromatic nitrogens is 6. The molecule has 15 nitrogen and oxygen atoms in total. The summed E-state index contributed by atoms with van der Waals surface area (Å²) >= 11 is 5.23. The van der Waals surface area contributed by atoms with E-state index in [2.05, 4.69) is 75.6 Å². The summed E-state index contributed by atoms with van der Waals surface area (Å²) in [6.45, 7) is 11.3. The van der Waals surface area contributed by atoms with Crippen molar-refractivity contribution in [2.45, 2.75) is 159 Å². The van der Waals surface area contributed by atoms with Crippen LogP contribution < -0.4 is 16.2 Å². The van der Waals surface area contributed by atoms with E-state index < -0.39 is 29.6 Å². The number of hydrogen-bond acceptors (Lipinski definition) is 11. The SMILES string of the molecule is Cc1ncsc1-c1ccc([C@H](CNC(=O)C2CCC(CN3CCC(c4ccc5c(c4)C4(CCCCC4)c4nc(=O)c6c(Br)cccc6n4-5)CC3)CC2)NC(=O)[C@@H]2C[C@@H](O)CN2C(=O)[C@@H](n2cc(C3CC3)nn2)C(C)(C)C)cc1. The predicted octanol–water partition coefficient (Wildman–Crippen LogP) is 9.82. The van der Waals surface area contributed by atoms with Gasteiger partial charge in [-0.2, -0.15) is 4.98 Å². The summed E-state index contributed by atoms with van der Waals surface area (Å²) in [5.74, 6) is 1.53. The number of benzene rings is 3. The molecule has 3 amide bonds. The van der Waals surface area contributed by atoms with Crippen molar-refractivity contribution in [3.63, 3.8) is 0 Å². The highest BCUT2D eigenvalue weighted by molar-refractivity contribution is 9.10. The predicted molar refractivity (Wildman–Crippen MR) is 306 cm³/mol. The number of thiazole rings is 1. The number of fused-ring (bicyclic) bond motifs is 7. The van der Waals surface area contributed by atoms with Crippen LogP contribution in [0.1, 0.15) is 168 Å². The summed E-state index contributed by atoms with van der Waals surface area (Å²) in [7, 11) is 0. The van der Waals surface area contributed by atoms with Gasteiger partial charge in [0.15, 0.2) is 0 Å². The van der Waals surface area contributed by atoms with E-state index in [1.807, 2.05) is 75.8 Å². The number of β-amino-alcohol motifs (C(OH)–C–C–N with tert-alkyl or cyclic N) is 1. The second kappa shape index (κ2) is 21.5. The number of aryl methyl sites for hydroxylation is 1. The van der Waals surface area contributed by atoms with Gasteiger partial charge in [-0.05, 0) is 158 Å². The number of hydrogen-bond donors (Lipinski definition) is 3. The lowest BCUT2D eigenvalue weighted by Gasteiger charge is -2.37. The highest BCUT2D eigenvalue weighted by atomic mass is 79.9. The van der Waals surface area contributed by atoms with Gasteiger partial charge in [0.05, 0.1) is 55.9 Å². The van der Waals surface area contributed by atoms with Crippen molar-refractivity contribution >= 4 is 55.9 Å². The van der Waals surface area contributed by atoms with Crippen LogP contribution in [-0.4, -0.2) is 107 Å². The Balaban J connectivity index is 0.676. The molecule has 3 aromatic heterocycles. The topological polar surface area (TPSA) is 180 Å². The molecular formula is C61H73BrN10O5S. The molecule has 12 rings (SSSR count). The van der Waals surface area contributed by atoms with Gasteiger partial charge < -0.3 is 25.5 Å². The fourth-order valence-electron chi connectivity index (χ4n) is 14.0. The number of carbonyl (C=O) groups is 3. The summed E-state index contributed by atoms with van der Waals surface area (Å²) < 4.78 is 4.71. The van der Waals surface area contributed by atoms with Gasteiger partial charge >= 0.3 is 0 Å². The van der Waals surface area contributed by atoms with Crippen molar-refractivity contribution in [2.24, 2.45) is 17.3 Å². The van der Waals surface area contributed by atoms with Crippen molar-refractivity contribution < 1.29 is 19.5 Å². The molecule has 3 saturated carbocycles. The molecule has 5 fully saturated rings. The minimum atomic E-state index is -0.912. The van der Waals surface area contributed by atoms with Crippen LogP contribution in [0.5, 0.6) is 0 Å². The average molecular weight is 1140 g/mol. The number of nitrogens with one attached hydrogen (secondary N) is 2. The lowest BCUT2D eigenvalue weighted by molar-refractivity contribution is -0.144. The lowest BCUT2D eigenvalue weighted by atomic mass is 9.69. The number of carbonyl (C=O) groups excluding carboxylic acids is 3. The monoisotopic (exact) mass is 1140 g/mol. The Kier molecular flexibility index (Phi) is 14.6. The largest absolute Gasteiger partial charge is 0.391 e.